The smallest absolute Gasteiger partial charge is 0.296 e. The average Bonchev–Trinajstić information content (AvgIpc) is 3.52. The molecule has 4 aromatic rings. The molecule has 5 rings (SSSR count). The number of hydrogen-bond acceptors (Lipinski definition) is 6. The molecule has 0 saturated heterocycles. The van der Waals surface area contributed by atoms with Gasteiger partial charge in [-0.05, 0) is 48.7 Å². The number of carbonyl (C=O) groups excluding carboxylic acids is 2. The summed E-state index contributed by atoms with van der Waals surface area (Å²) in [5.41, 5.74) is 3.68. The summed E-state index contributed by atoms with van der Waals surface area (Å²) in [4.78, 5) is 32.5. The van der Waals surface area contributed by atoms with Crippen LogP contribution in [0.25, 0.3) is 10.2 Å². The molecule has 3 heterocycles. The van der Waals surface area contributed by atoms with Gasteiger partial charge < -0.3 is 9.52 Å². The summed E-state index contributed by atoms with van der Waals surface area (Å²) in [7, 11) is 0. The van der Waals surface area contributed by atoms with Crippen LogP contribution in [0.5, 0.6) is 0 Å². The fourth-order valence-electron chi connectivity index (χ4n) is 3.92. The number of anilines is 1. The van der Waals surface area contributed by atoms with Crippen LogP contribution in [0.2, 0.25) is 0 Å². The third-order valence-corrected chi connectivity index (χ3v) is 6.66. The van der Waals surface area contributed by atoms with E-state index in [1.807, 2.05) is 43.3 Å². The van der Waals surface area contributed by atoms with Crippen molar-refractivity contribution in [3.63, 3.8) is 0 Å². The van der Waals surface area contributed by atoms with Crippen molar-refractivity contribution < 1.29 is 19.1 Å². The molecule has 6 nitrogen and oxygen atoms in total. The Morgan fingerprint density at radius 3 is 2.66 bits per heavy atom. The largest absolute Gasteiger partial charge is 0.503 e. The number of amides is 1. The predicted octanol–water partition coefficient (Wildman–Crippen LogP) is 5.54. The molecule has 0 spiro atoms. The molecule has 2 aromatic carbocycles. The topological polar surface area (TPSA) is 83.6 Å². The summed E-state index contributed by atoms with van der Waals surface area (Å²) in [5, 5.41) is 11.2. The number of Topliss-reactive ketones (excluding diaryl/α,β-unsaturated/α-hetero) is 1. The highest BCUT2D eigenvalue weighted by Gasteiger charge is 2.46. The zero-order valence-electron chi connectivity index (χ0n) is 17.5. The van der Waals surface area contributed by atoms with Crippen LogP contribution >= 0.6 is 11.3 Å². The second-order valence-electron chi connectivity index (χ2n) is 7.71. The van der Waals surface area contributed by atoms with Crippen molar-refractivity contribution in [1.82, 2.24) is 4.98 Å². The Morgan fingerprint density at radius 1 is 1.19 bits per heavy atom. The molecule has 7 heteroatoms. The number of ketones is 1. The Hall–Kier alpha value is -3.71. The minimum absolute atomic E-state index is 0.0118. The lowest BCUT2D eigenvalue weighted by Crippen LogP contribution is -2.30. The number of hydrogen-bond donors (Lipinski definition) is 1. The van der Waals surface area contributed by atoms with Crippen molar-refractivity contribution >= 4 is 38.4 Å². The van der Waals surface area contributed by atoms with Crippen molar-refractivity contribution in [3.05, 3.63) is 94.6 Å². The quantitative estimate of drug-likeness (QED) is 0.409. The first-order valence-corrected chi connectivity index (χ1v) is 11.1. The second-order valence-corrected chi connectivity index (χ2v) is 8.72. The third-order valence-electron chi connectivity index (χ3n) is 5.65. The van der Waals surface area contributed by atoms with E-state index in [1.165, 1.54) is 34.1 Å². The highest BCUT2D eigenvalue weighted by atomic mass is 32.1. The Labute approximate surface area is 188 Å². The first kappa shape index (κ1) is 20.2. The summed E-state index contributed by atoms with van der Waals surface area (Å²) in [6, 6.07) is 15.8. The van der Waals surface area contributed by atoms with Gasteiger partial charge in [0.05, 0.1) is 28.1 Å². The average molecular weight is 445 g/mol. The molecule has 1 amide bonds. The van der Waals surface area contributed by atoms with E-state index in [0.29, 0.717) is 10.7 Å². The third kappa shape index (κ3) is 3.22. The number of rotatable bonds is 5. The number of benzene rings is 2. The maximum atomic E-state index is 13.2. The molecule has 160 valence electrons. The molecule has 1 N–H and O–H groups in total. The van der Waals surface area contributed by atoms with E-state index in [9.17, 15) is 14.7 Å². The van der Waals surface area contributed by atoms with E-state index in [-0.39, 0.29) is 11.3 Å². The molecule has 1 aliphatic rings. The number of fused-ring (bicyclic) bond motifs is 1. The van der Waals surface area contributed by atoms with Crippen LogP contribution in [0.15, 0.2) is 76.6 Å². The predicted molar refractivity (Wildman–Crippen MR) is 123 cm³/mol. The number of aromatic nitrogens is 1. The van der Waals surface area contributed by atoms with Gasteiger partial charge in [0.25, 0.3) is 5.91 Å². The van der Waals surface area contributed by atoms with Crippen molar-refractivity contribution in [3.8, 4) is 0 Å². The van der Waals surface area contributed by atoms with Crippen LogP contribution in [-0.4, -0.2) is 21.8 Å². The van der Waals surface area contributed by atoms with Gasteiger partial charge in [-0.25, -0.2) is 4.98 Å². The van der Waals surface area contributed by atoms with Crippen LogP contribution in [0.3, 0.4) is 0 Å². The molecule has 32 heavy (non-hydrogen) atoms. The van der Waals surface area contributed by atoms with Crippen LogP contribution in [0.4, 0.5) is 5.13 Å². The first-order valence-electron chi connectivity index (χ1n) is 10.3. The summed E-state index contributed by atoms with van der Waals surface area (Å²) in [6.45, 7) is 4.04. The Morgan fingerprint density at radius 2 is 1.97 bits per heavy atom. The van der Waals surface area contributed by atoms with Crippen LogP contribution in [0, 0.1) is 6.92 Å². The number of nitrogens with zero attached hydrogens (tertiary/aromatic N) is 2. The SMILES string of the molecule is CCc1ccc2nc(N3C(=O)C(O)=C(C(=O)c4ccco4)C3c3ccc(C)cc3)sc2c1. The van der Waals surface area contributed by atoms with Crippen LogP contribution in [0.1, 0.15) is 40.2 Å². The fourth-order valence-corrected chi connectivity index (χ4v) is 4.97. The second kappa shape index (κ2) is 7.76. The monoisotopic (exact) mass is 444 g/mol. The number of aliphatic hydroxyl groups excluding tert-OH is 1. The van der Waals surface area contributed by atoms with Crippen LogP contribution < -0.4 is 4.90 Å². The van der Waals surface area contributed by atoms with E-state index in [0.717, 1.165) is 22.2 Å². The number of aryl methyl sites for hydroxylation is 2. The molecule has 0 radical (unpaired) electrons. The summed E-state index contributed by atoms with van der Waals surface area (Å²) >= 11 is 1.36. The lowest BCUT2D eigenvalue weighted by Gasteiger charge is -2.24. The van der Waals surface area contributed by atoms with Gasteiger partial charge in [0.2, 0.25) is 5.78 Å². The van der Waals surface area contributed by atoms with Gasteiger partial charge in [0, 0.05) is 0 Å². The Bertz CT molecular complexity index is 1370. The van der Waals surface area contributed by atoms with E-state index in [4.69, 9.17) is 4.42 Å². The van der Waals surface area contributed by atoms with Gasteiger partial charge in [0.1, 0.15) is 0 Å². The lowest BCUT2D eigenvalue weighted by atomic mass is 9.94. The molecule has 1 atom stereocenters. The van der Waals surface area contributed by atoms with Gasteiger partial charge in [-0.2, -0.15) is 0 Å². The molecule has 0 fully saturated rings. The van der Waals surface area contributed by atoms with Gasteiger partial charge in [-0.1, -0.05) is 54.2 Å². The van der Waals surface area contributed by atoms with Gasteiger partial charge in [0.15, 0.2) is 16.7 Å². The highest BCUT2D eigenvalue weighted by molar-refractivity contribution is 7.22. The van der Waals surface area contributed by atoms with E-state index in [1.54, 1.807) is 6.07 Å². The van der Waals surface area contributed by atoms with Gasteiger partial charge in [-0.3, -0.25) is 14.5 Å². The highest BCUT2D eigenvalue weighted by Crippen LogP contribution is 2.44. The van der Waals surface area contributed by atoms with E-state index >= 15 is 0 Å². The maximum Gasteiger partial charge on any atom is 0.296 e. The van der Waals surface area contributed by atoms with E-state index in [2.05, 4.69) is 18.0 Å². The molecular weight excluding hydrogens is 424 g/mol. The molecule has 1 aliphatic heterocycles. The first-order chi connectivity index (χ1) is 15.5. The number of thiazole rings is 1. The summed E-state index contributed by atoms with van der Waals surface area (Å²) < 4.78 is 6.22. The van der Waals surface area contributed by atoms with Crippen molar-refractivity contribution in [1.29, 1.82) is 0 Å². The molecule has 0 saturated carbocycles. The van der Waals surface area contributed by atoms with Gasteiger partial charge in [-0.15, -0.1) is 0 Å². The molecule has 1 unspecified atom stereocenters. The minimum Gasteiger partial charge on any atom is -0.503 e. The number of furan rings is 1. The summed E-state index contributed by atoms with van der Waals surface area (Å²) in [6.07, 6.45) is 2.28. The zero-order valence-corrected chi connectivity index (χ0v) is 18.3. The normalized spacial score (nSPS) is 16.4. The standard InChI is InChI=1S/C25H20N2O4S/c1-3-15-8-11-17-19(13-15)32-25(26-17)27-21(16-9-6-14(2)7-10-16)20(23(29)24(27)30)22(28)18-5-4-12-31-18/h4-13,21,29H,3H2,1-2H3. The van der Waals surface area contributed by atoms with Crippen molar-refractivity contribution in [2.45, 2.75) is 26.3 Å². The number of aliphatic hydroxyl groups is 1. The Kier molecular flexibility index (Phi) is 4.90. The van der Waals surface area contributed by atoms with Crippen molar-refractivity contribution in [2.24, 2.45) is 0 Å². The Balaban J connectivity index is 1.67. The van der Waals surface area contributed by atoms with Crippen LogP contribution in [-0.2, 0) is 11.2 Å². The maximum absolute atomic E-state index is 13.2. The molecule has 0 bridgehead atoms. The minimum atomic E-state index is -0.813. The van der Waals surface area contributed by atoms with Crippen molar-refractivity contribution in [2.75, 3.05) is 4.90 Å². The lowest BCUT2D eigenvalue weighted by molar-refractivity contribution is -0.117. The molecule has 0 aliphatic carbocycles. The zero-order chi connectivity index (χ0) is 22.4. The fraction of sp³-hybridized carbons (Fsp3) is 0.160. The number of carbonyl (C=O) groups is 2. The van der Waals surface area contributed by atoms with Gasteiger partial charge >= 0.3 is 0 Å². The molecule has 2 aromatic heterocycles. The van der Waals surface area contributed by atoms with E-state index < -0.39 is 23.5 Å². The summed E-state index contributed by atoms with van der Waals surface area (Å²) in [5.74, 6) is -1.69. The molecular formula is C25H20N2O4S.